The van der Waals surface area contributed by atoms with Gasteiger partial charge in [0.15, 0.2) is 0 Å². The van der Waals surface area contributed by atoms with Crippen LogP contribution in [0.15, 0.2) is 72.8 Å². The Hall–Kier alpha value is -3.16. The molecule has 4 aliphatic rings. The van der Waals surface area contributed by atoms with Gasteiger partial charge in [0.2, 0.25) is 0 Å². The molecule has 0 saturated carbocycles. The maximum atomic E-state index is 12.7. The van der Waals surface area contributed by atoms with Crippen LogP contribution >= 0.6 is 15.2 Å². The zero-order valence-electron chi connectivity index (χ0n) is 48.4. The Labute approximate surface area is 460 Å². The fraction of sp³-hybridized carbons (Fsp3) is 0.606. The minimum atomic E-state index is -4.95. The van der Waals surface area contributed by atoms with Crippen molar-refractivity contribution in [1.82, 2.24) is 0 Å². The molecule has 5 aromatic rings. The van der Waals surface area contributed by atoms with Crippen LogP contribution in [0.5, 0.6) is 0 Å². The first-order valence-corrected chi connectivity index (χ1v) is 34.1. The summed E-state index contributed by atoms with van der Waals surface area (Å²) in [5, 5.41) is 4.40. The number of benzene rings is 5. The molecule has 5 aromatic carbocycles. The molecule has 9 rings (SSSR count). The molecule has 0 fully saturated rings. The van der Waals surface area contributed by atoms with Gasteiger partial charge in [-0.25, -0.2) is 0 Å². The standard InChI is InChI=1S/C34H28O6P2.2C16H36N/c35-41(36,37)15-29-31-25-13-26(22-10-18-6-2-1-5-17(18)9-21(22)25)32(31)30(16-42(38,39)40)34-28-14-27(33(29)34)23-11-19-7-3-4-8-20(19)12-24(23)28;2*1-5-9-13-17(14-10-6-2,15-11-7-3)16-12-8-4/h1-12,25-28H,13-16H2,(H2,35,36,37)(H2,38,39,40);2*5-16H2,1-4H3/q;2*+1/p-2. The van der Waals surface area contributed by atoms with Gasteiger partial charge in [-0.15, -0.1) is 0 Å². The van der Waals surface area contributed by atoms with Crippen molar-refractivity contribution in [2.45, 2.75) is 207 Å². The van der Waals surface area contributed by atoms with Crippen LogP contribution in [0.4, 0.5) is 0 Å². The second-order valence-corrected chi connectivity index (χ2v) is 27.0. The zero-order valence-corrected chi connectivity index (χ0v) is 50.1. The van der Waals surface area contributed by atoms with Crippen molar-refractivity contribution in [2.75, 3.05) is 52.4 Å². The van der Waals surface area contributed by atoms with Gasteiger partial charge in [0, 0.05) is 29.8 Å². The van der Waals surface area contributed by atoms with E-state index in [1.807, 2.05) is 24.3 Å². The third-order valence-electron chi connectivity index (χ3n) is 18.2. The molecular formula is C66H98N2O6P2. The van der Waals surface area contributed by atoms with E-state index in [0.29, 0.717) is 11.1 Å². The monoisotopic (exact) mass is 1080 g/mol. The number of unbranched alkanes of at least 4 members (excludes halogenated alkanes) is 8. The zero-order chi connectivity index (χ0) is 54.7. The summed E-state index contributed by atoms with van der Waals surface area (Å²) in [7, 11) is -9.43. The Morgan fingerprint density at radius 1 is 0.408 bits per heavy atom. The Bertz CT molecular complexity index is 2410. The average Bonchev–Trinajstić information content (AvgIpc) is 4.33. The van der Waals surface area contributed by atoms with Gasteiger partial charge in [0.25, 0.3) is 0 Å². The van der Waals surface area contributed by atoms with E-state index in [1.165, 1.54) is 164 Å². The predicted molar refractivity (Wildman–Crippen MR) is 317 cm³/mol. The highest BCUT2D eigenvalue weighted by atomic mass is 31.2. The second kappa shape index (κ2) is 27.3. The van der Waals surface area contributed by atoms with Gasteiger partial charge in [-0.1, -0.05) is 187 Å². The Morgan fingerprint density at radius 3 is 0.829 bits per heavy atom. The summed E-state index contributed by atoms with van der Waals surface area (Å²) in [6.45, 7) is 30.0. The van der Waals surface area contributed by atoms with E-state index in [-0.39, 0.29) is 29.8 Å². The Morgan fingerprint density at radius 2 is 0.632 bits per heavy atom. The van der Waals surface area contributed by atoms with Crippen molar-refractivity contribution in [3.63, 3.8) is 0 Å². The molecule has 4 atom stereocenters. The van der Waals surface area contributed by atoms with E-state index in [4.69, 9.17) is 0 Å². The summed E-state index contributed by atoms with van der Waals surface area (Å²) >= 11 is 0. The van der Waals surface area contributed by atoms with E-state index in [9.17, 15) is 28.7 Å². The van der Waals surface area contributed by atoms with E-state index in [0.717, 1.165) is 78.9 Å². The number of fused-ring (bicyclic) bond motifs is 18. The molecule has 76 heavy (non-hydrogen) atoms. The third-order valence-corrected chi connectivity index (χ3v) is 19.7. The van der Waals surface area contributed by atoms with Crippen LogP contribution in [0.25, 0.3) is 21.5 Å². The molecule has 0 spiro atoms. The van der Waals surface area contributed by atoms with Crippen LogP contribution in [0.3, 0.4) is 0 Å². The first kappa shape index (κ1) is 60.5. The van der Waals surface area contributed by atoms with Gasteiger partial charge in [0.1, 0.15) is 0 Å². The smallest absolute Gasteiger partial charge is 0.329 e. The van der Waals surface area contributed by atoms with E-state index < -0.39 is 21.4 Å². The maximum absolute atomic E-state index is 12.7. The second-order valence-electron chi connectivity index (χ2n) is 23.8. The summed E-state index contributed by atoms with van der Waals surface area (Å²) in [4.78, 5) is 45.8. The van der Waals surface area contributed by atoms with Gasteiger partial charge in [-0.3, -0.25) is 4.57 Å². The lowest BCUT2D eigenvalue weighted by Gasteiger charge is -2.39. The molecule has 0 saturated heterocycles. The molecule has 0 aromatic heterocycles. The predicted octanol–water partition coefficient (Wildman–Crippen LogP) is 16.1. The molecule has 0 heterocycles. The van der Waals surface area contributed by atoms with Crippen LogP contribution < -0.4 is 9.79 Å². The lowest BCUT2D eigenvalue weighted by Crippen LogP contribution is -2.50. The van der Waals surface area contributed by atoms with Gasteiger partial charge in [-0.05, 0) is 141 Å². The topological polar surface area (TPSA) is 121 Å². The van der Waals surface area contributed by atoms with Gasteiger partial charge < -0.3 is 33.1 Å². The number of hydrogen-bond donors (Lipinski definition) is 2. The highest BCUT2D eigenvalue weighted by Crippen LogP contribution is 2.68. The Balaban J connectivity index is 0.000000206. The largest absolute Gasteiger partial charge is 0.810 e. The van der Waals surface area contributed by atoms with Crippen molar-refractivity contribution in [1.29, 1.82) is 0 Å². The molecule has 0 amide bonds. The highest BCUT2D eigenvalue weighted by molar-refractivity contribution is 7.50. The van der Waals surface area contributed by atoms with E-state index >= 15 is 0 Å². The van der Waals surface area contributed by atoms with Gasteiger partial charge >= 0.3 is 7.60 Å². The fourth-order valence-electron chi connectivity index (χ4n) is 14.4. The summed E-state index contributed by atoms with van der Waals surface area (Å²) in [5.74, 6) is -0.407. The van der Waals surface area contributed by atoms with Gasteiger partial charge in [0.05, 0.1) is 58.5 Å². The minimum absolute atomic E-state index is 0.0944. The Kier molecular flexibility index (Phi) is 21.8. The van der Waals surface area contributed by atoms with Crippen molar-refractivity contribution < 1.29 is 37.7 Å². The molecular weight excluding hydrogens is 979 g/mol. The number of rotatable bonds is 28. The molecule has 0 radical (unpaired) electrons. The molecule has 4 bridgehead atoms. The molecule has 8 nitrogen and oxygen atoms in total. The van der Waals surface area contributed by atoms with Crippen LogP contribution in [0.2, 0.25) is 0 Å². The first-order chi connectivity index (χ1) is 36.5. The molecule has 0 aliphatic heterocycles. The van der Waals surface area contributed by atoms with Crippen LogP contribution in [0.1, 0.15) is 250 Å². The number of quaternary nitrogens is 2. The molecule has 4 unspecified atom stereocenters. The number of nitrogens with zero attached hydrogens (tertiary/aromatic N) is 2. The van der Waals surface area contributed by atoms with Crippen molar-refractivity contribution >= 4 is 36.7 Å². The minimum Gasteiger partial charge on any atom is -0.810 e. The van der Waals surface area contributed by atoms with Crippen molar-refractivity contribution in [2.24, 2.45) is 0 Å². The summed E-state index contributed by atoms with van der Waals surface area (Å²) in [6.07, 6.45) is 22.6. The van der Waals surface area contributed by atoms with Crippen LogP contribution in [-0.4, -0.2) is 71.1 Å². The summed E-state index contributed by atoms with van der Waals surface area (Å²) < 4.78 is 28.1. The van der Waals surface area contributed by atoms with Crippen LogP contribution in [-0.2, 0) is 21.5 Å². The lowest BCUT2D eigenvalue weighted by atomic mass is 9.73. The van der Waals surface area contributed by atoms with Gasteiger partial charge in [-0.2, -0.15) is 0 Å². The fourth-order valence-corrected chi connectivity index (χ4v) is 15.9. The lowest BCUT2D eigenvalue weighted by molar-refractivity contribution is -0.929. The first-order valence-electron chi connectivity index (χ1n) is 30.6. The van der Waals surface area contributed by atoms with Crippen LogP contribution in [0, 0.1) is 0 Å². The summed E-state index contributed by atoms with van der Waals surface area (Å²) in [6, 6.07) is 25.0. The quantitative estimate of drug-likeness (QED) is 0.0380. The van der Waals surface area contributed by atoms with Crippen molar-refractivity contribution in [3.05, 3.63) is 128 Å². The average molecular weight is 1080 g/mol. The summed E-state index contributed by atoms with van der Waals surface area (Å²) in [5.41, 5.74) is 9.25. The third kappa shape index (κ3) is 14.0. The highest BCUT2D eigenvalue weighted by Gasteiger charge is 2.52. The van der Waals surface area contributed by atoms with E-state index in [2.05, 4.69) is 104 Å². The van der Waals surface area contributed by atoms with E-state index in [1.54, 1.807) is 0 Å². The van der Waals surface area contributed by atoms with Crippen molar-refractivity contribution in [3.8, 4) is 0 Å². The molecule has 10 heteroatoms. The SMILES string of the molecule is CCCC[N+](CCCC)(CCCC)CCCC.CCCC[N+](CCCC)(CCCC)CCCC.O=P([O-])([O-])Cc1c2c(c(CP(=O)(O)O)c3c1C1CC3c3cc4ccccc4cc31)C1CC2c2cc3ccccc3cc21. The number of hydrogen-bond acceptors (Lipinski definition) is 4. The normalized spacial score (nSPS) is 18.1. The molecule has 2 N–H and O–H groups in total. The molecule has 4 aliphatic carbocycles. The molecule has 418 valence electrons. The maximum Gasteiger partial charge on any atom is 0.329 e.